The fourth-order valence-corrected chi connectivity index (χ4v) is 3.50. The highest BCUT2D eigenvalue weighted by molar-refractivity contribution is 9.11. The Hall–Kier alpha value is -2.19. The van der Waals surface area contributed by atoms with Crippen molar-refractivity contribution in [3.63, 3.8) is 0 Å². The summed E-state index contributed by atoms with van der Waals surface area (Å²) in [4.78, 5) is 22.3. The second-order valence-corrected chi connectivity index (χ2v) is 6.98. The van der Waals surface area contributed by atoms with Crippen molar-refractivity contribution in [1.29, 1.82) is 0 Å². The number of carbonyl (C=O) groups excluding carboxylic acids is 1. The zero-order chi connectivity index (χ0) is 19.3. The minimum Gasteiger partial charge on any atom is -0.487 e. The first-order valence-corrected chi connectivity index (χ1v) is 8.93. The fraction of sp³-hybridized carbons (Fsp3) is 0.111. The maximum Gasteiger partial charge on any atom is 0.352 e. The molecule has 2 aromatic carbocycles. The molecule has 0 heterocycles. The number of carboxylic acids is 1. The van der Waals surface area contributed by atoms with Gasteiger partial charge in [-0.3, -0.25) is 4.79 Å². The Bertz CT molecular complexity index is 843. The number of carboxylic acid groups (broad SMARTS) is 1. The number of benzene rings is 2. The second kappa shape index (κ2) is 8.95. The third-order valence-electron chi connectivity index (χ3n) is 3.17. The average Bonchev–Trinajstić information content (AvgIpc) is 2.54. The highest BCUT2D eigenvalue weighted by Crippen LogP contribution is 2.36. The highest BCUT2D eigenvalue weighted by atomic mass is 79.9. The van der Waals surface area contributed by atoms with Crippen molar-refractivity contribution in [3.8, 4) is 5.75 Å². The van der Waals surface area contributed by atoms with Crippen molar-refractivity contribution in [3.05, 3.63) is 68.0 Å². The molecule has 0 aromatic heterocycles. The highest BCUT2D eigenvalue weighted by Gasteiger charge is 2.12. The molecule has 0 aliphatic heterocycles. The van der Waals surface area contributed by atoms with Crippen LogP contribution in [0.3, 0.4) is 0 Å². The standard InChI is InChI=1S/C18H14Br2FNO4/c1-10(23)22-16(18(24)25)8-12-6-14(19)17(15(20)7-12)26-9-11-2-4-13(21)5-3-11/h2-8H,9H2,1H3,(H,22,23)(H,24,25)/b16-8+. The van der Waals surface area contributed by atoms with Gasteiger partial charge in [0.15, 0.2) is 0 Å². The molecule has 0 saturated heterocycles. The maximum absolute atomic E-state index is 12.9. The van der Waals surface area contributed by atoms with E-state index in [0.717, 1.165) is 5.56 Å². The van der Waals surface area contributed by atoms with Gasteiger partial charge in [0.25, 0.3) is 0 Å². The van der Waals surface area contributed by atoms with Gasteiger partial charge in [-0.1, -0.05) is 12.1 Å². The van der Waals surface area contributed by atoms with E-state index >= 15 is 0 Å². The number of hydrogen-bond donors (Lipinski definition) is 2. The zero-order valence-electron chi connectivity index (χ0n) is 13.6. The second-order valence-electron chi connectivity index (χ2n) is 5.27. The van der Waals surface area contributed by atoms with Crippen molar-refractivity contribution in [2.24, 2.45) is 0 Å². The van der Waals surface area contributed by atoms with E-state index in [4.69, 9.17) is 9.84 Å². The average molecular weight is 487 g/mol. The lowest BCUT2D eigenvalue weighted by molar-refractivity contribution is -0.134. The number of aliphatic carboxylic acids is 1. The van der Waals surface area contributed by atoms with Gasteiger partial charge in [-0.05, 0) is 73.3 Å². The fourth-order valence-electron chi connectivity index (χ4n) is 2.04. The van der Waals surface area contributed by atoms with Crippen LogP contribution in [-0.4, -0.2) is 17.0 Å². The van der Waals surface area contributed by atoms with Gasteiger partial charge in [0, 0.05) is 6.92 Å². The number of ether oxygens (including phenoxy) is 1. The first kappa shape index (κ1) is 20.1. The van der Waals surface area contributed by atoms with Crippen molar-refractivity contribution >= 4 is 49.8 Å². The lowest BCUT2D eigenvalue weighted by Gasteiger charge is -2.12. The molecule has 2 aromatic rings. The molecule has 0 spiro atoms. The zero-order valence-corrected chi connectivity index (χ0v) is 16.7. The number of nitrogens with one attached hydrogen (secondary N) is 1. The lowest BCUT2D eigenvalue weighted by atomic mass is 10.2. The van der Waals surface area contributed by atoms with Gasteiger partial charge in [-0.15, -0.1) is 0 Å². The van der Waals surface area contributed by atoms with Crippen LogP contribution >= 0.6 is 31.9 Å². The van der Waals surface area contributed by atoms with Gasteiger partial charge in [0.2, 0.25) is 5.91 Å². The van der Waals surface area contributed by atoms with Crippen molar-refractivity contribution in [2.75, 3.05) is 0 Å². The minimum absolute atomic E-state index is 0.235. The van der Waals surface area contributed by atoms with Gasteiger partial charge in [-0.25, -0.2) is 9.18 Å². The van der Waals surface area contributed by atoms with E-state index in [9.17, 15) is 14.0 Å². The van der Waals surface area contributed by atoms with E-state index in [1.807, 2.05) is 0 Å². The number of hydrogen-bond acceptors (Lipinski definition) is 3. The van der Waals surface area contributed by atoms with Crippen molar-refractivity contribution in [1.82, 2.24) is 5.32 Å². The molecule has 136 valence electrons. The smallest absolute Gasteiger partial charge is 0.352 e. The lowest BCUT2D eigenvalue weighted by Crippen LogP contribution is -2.24. The number of carbonyl (C=O) groups is 2. The van der Waals surface area contributed by atoms with E-state index in [0.29, 0.717) is 20.3 Å². The molecule has 0 saturated carbocycles. The first-order chi connectivity index (χ1) is 12.3. The Morgan fingerprint density at radius 2 is 1.77 bits per heavy atom. The quantitative estimate of drug-likeness (QED) is 0.590. The van der Waals surface area contributed by atoms with Crippen LogP contribution in [0, 0.1) is 5.82 Å². The molecular formula is C18H14Br2FNO4. The predicted octanol–water partition coefficient (Wildman–Crippen LogP) is 4.49. The molecule has 0 radical (unpaired) electrons. The van der Waals surface area contributed by atoms with E-state index < -0.39 is 11.9 Å². The van der Waals surface area contributed by atoms with Crippen LogP contribution in [0.1, 0.15) is 18.1 Å². The molecule has 2 N–H and O–H groups in total. The van der Waals surface area contributed by atoms with E-state index in [1.54, 1.807) is 24.3 Å². The van der Waals surface area contributed by atoms with E-state index in [2.05, 4.69) is 37.2 Å². The summed E-state index contributed by atoms with van der Waals surface area (Å²) in [5.41, 5.74) is 1.10. The molecule has 0 atom stereocenters. The van der Waals surface area contributed by atoms with Gasteiger partial charge < -0.3 is 15.2 Å². The molecule has 26 heavy (non-hydrogen) atoms. The number of rotatable bonds is 6. The van der Waals surface area contributed by atoms with Gasteiger partial charge in [0.1, 0.15) is 23.9 Å². The van der Waals surface area contributed by atoms with E-state index in [-0.39, 0.29) is 18.1 Å². The Morgan fingerprint density at radius 1 is 1.19 bits per heavy atom. The predicted molar refractivity (Wildman–Crippen MR) is 102 cm³/mol. The Morgan fingerprint density at radius 3 is 2.27 bits per heavy atom. The van der Waals surface area contributed by atoms with Gasteiger partial charge in [0.05, 0.1) is 8.95 Å². The van der Waals surface area contributed by atoms with E-state index in [1.165, 1.54) is 25.1 Å². The van der Waals surface area contributed by atoms with Crippen LogP contribution in [0.15, 0.2) is 51.0 Å². The summed E-state index contributed by atoms with van der Waals surface area (Å²) in [6.45, 7) is 1.47. The molecular weight excluding hydrogens is 473 g/mol. The summed E-state index contributed by atoms with van der Waals surface area (Å²) < 4.78 is 19.9. The van der Waals surface area contributed by atoms with Gasteiger partial charge >= 0.3 is 5.97 Å². The Kier molecular flexibility index (Phi) is 6.93. The minimum atomic E-state index is -1.25. The topological polar surface area (TPSA) is 75.6 Å². The third kappa shape index (κ3) is 5.67. The summed E-state index contributed by atoms with van der Waals surface area (Å²) in [6.07, 6.45) is 1.34. The number of amides is 1. The summed E-state index contributed by atoms with van der Waals surface area (Å²) >= 11 is 6.76. The molecule has 1 amide bonds. The molecule has 0 fully saturated rings. The molecule has 8 heteroatoms. The maximum atomic E-state index is 12.9. The summed E-state index contributed by atoms with van der Waals surface area (Å²) in [6, 6.07) is 9.28. The first-order valence-electron chi connectivity index (χ1n) is 7.35. The molecule has 0 aliphatic carbocycles. The van der Waals surface area contributed by atoms with Crippen LogP contribution < -0.4 is 10.1 Å². The Labute approximate surface area is 166 Å². The largest absolute Gasteiger partial charge is 0.487 e. The van der Waals surface area contributed by atoms with Crippen LogP contribution in [0.25, 0.3) is 6.08 Å². The van der Waals surface area contributed by atoms with Crippen molar-refractivity contribution < 1.29 is 23.8 Å². The third-order valence-corrected chi connectivity index (χ3v) is 4.35. The Balaban J connectivity index is 2.22. The monoisotopic (exact) mass is 485 g/mol. The van der Waals surface area contributed by atoms with Crippen LogP contribution in [0.2, 0.25) is 0 Å². The summed E-state index contributed by atoms with van der Waals surface area (Å²) in [5.74, 6) is -1.52. The molecule has 0 bridgehead atoms. The van der Waals surface area contributed by atoms with Crippen molar-refractivity contribution in [2.45, 2.75) is 13.5 Å². The molecule has 0 unspecified atom stereocenters. The summed E-state index contributed by atoms with van der Waals surface area (Å²) in [5, 5.41) is 11.4. The normalized spacial score (nSPS) is 11.2. The molecule has 5 nitrogen and oxygen atoms in total. The van der Waals surface area contributed by atoms with Crippen LogP contribution in [0.5, 0.6) is 5.75 Å². The molecule has 0 aliphatic rings. The summed E-state index contributed by atoms with van der Waals surface area (Å²) in [7, 11) is 0. The number of halogens is 3. The van der Waals surface area contributed by atoms with Crippen LogP contribution in [-0.2, 0) is 16.2 Å². The SMILES string of the molecule is CC(=O)N/C(=C/c1cc(Br)c(OCc2ccc(F)cc2)c(Br)c1)C(=O)O. The van der Waals surface area contributed by atoms with Gasteiger partial charge in [-0.2, -0.15) is 0 Å². The van der Waals surface area contributed by atoms with Crippen LogP contribution in [0.4, 0.5) is 4.39 Å². The molecule has 2 rings (SSSR count).